The summed E-state index contributed by atoms with van der Waals surface area (Å²) in [5.41, 5.74) is 0.728. The zero-order valence-electron chi connectivity index (χ0n) is 10.7. The van der Waals surface area contributed by atoms with Gasteiger partial charge in [-0.3, -0.25) is 0 Å². The van der Waals surface area contributed by atoms with Gasteiger partial charge in [0, 0.05) is 16.5 Å². The lowest BCUT2D eigenvalue weighted by molar-refractivity contribution is -0.144. The first-order chi connectivity index (χ1) is 9.60. The van der Waals surface area contributed by atoms with Gasteiger partial charge < -0.3 is 4.74 Å². The largest absolute Gasteiger partial charge is 0.465 e. The lowest BCUT2D eigenvalue weighted by Crippen LogP contribution is -2.15. The number of hydrogen-bond acceptors (Lipinski definition) is 5. The van der Waals surface area contributed by atoms with Gasteiger partial charge in [-0.2, -0.15) is 4.80 Å². The monoisotopic (exact) mass is 314 g/mol. The molecule has 1 heterocycles. The van der Waals surface area contributed by atoms with Crippen LogP contribution in [-0.4, -0.2) is 32.8 Å². The molecule has 1 aromatic heterocycles. The molecular formula is C12H12Cl2N4O2. The molecule has 0 fully saturated rings. The van der Waals surface area contributed by atoms with Crippen LogP contribution >= 0.6 is 23.2 Å². The third-order valence-corrected chi connectivity index (χ3v) is 3.17. The van der Waals surface area contributed by atoms with Gasteiger partial charge in [0.25, 0.3) is 0 Å². The molecular weight excluding hydrogens is 303 g/mol. The summed E-state index contributed by atoms with van der Waals surface area (Å²) >= 11 is 12.1. The minimum Gasteiger partial charge on any atom is -0.465 e. The van der Waals surface area contributed by atoms with Gasteiger partial charge in [-0.05, 0) is 29.8 Å². The first-order valence-corrected chi connectivity index (χ1v) is 6.71. The van der Waals surface area contributed by atoms with E-state index < -0.39 is 5.97 Å². The molecule has 8 heteroatoms. The van der Waals surface area contributed by atoms with E-state index in [9.17, 15) is 4.79 Å². The van der Waals surface area contributed by atoms with Gasteiger partial charge in [-0.15, -0.1) is 10.2 Å². The number of halogens is 2. The van der Waals surface area contributed by atoms with Crippen LogP contribution in [0.15, 0.2) is 18.2 Å². The Morgan fingerprint density at radius 3 is 2.70 bits per heavy atom. The Morgan fingerprint density at radius 1 is 1.35 bits per heavy atom. The van der Waals surface area contributed by atoms with Crippen LogP contribution in [0, 0.1) is 0 Å². The van der Waals surface area contributed by atoms with Gasteiger partial charge in [0.15, 0.2) is 12.4 Å². The predicted molar refractivity (Wildman–Crippen MR) is 73.7 cm³/mol. The molecule has 2 rings (SSSR count). The van der Waals surface area contributed by atoms with Gasteiger partial charge in [-0.1, -0.05) is 29.3 Å². The van der Waals surface area contributed by atoms with E-state index in [1.165, 1.54) is 4.80 Å². The average molecular weight is 315 g/mol. The maximum absolute atomic E-state index is 11.3. The Balaban J connectivity index is 2.08. The molecule has 0 aliphatic heterocycles. The maximum Gasteiger partial charge on any atom is 0.329 e. The summed E-state index contributed by atoms with van der Waals surface area (Å²) in [7, 11) is 0. The second-order valence-electron chi connectivity index (χ2n) is 3.92. The molecule has 6 nitrogen and oxygen atoms in total. The van der Waals surface area contributed by atoms with E-state index in [1.807, 2.05) is 0 Å². The molecule has 0 saturated carbocycles. The Kier molecular flexibility index (Phi) is 4.92. The molecule has 2 aromatic rings. The summed E-state index contributed by atoms with van der Waals surface area (Å²) < 4.78 is 4.80. The highest BCUT2D eigenvalue weighted by Crippen LogP contribution is 2.25. The summed E-state index contributed by atoms with van der Waals surface area (Å²) in [6.07, 6.45) is 0.349. The van der Waals surface area contributed by atoms with Gasteiger partial charge >= 0.3 is 5.97 Å². The fraction of sp³-hybridized carbons (Fsp3) is 0.333. The van der Waals surface area contributed by atoms with Crippen LogP contribution in [0.4, 0.5) is 0 Å². The Labute approximate surface area is 125 Å². The van der Waals surface area contributed by atoms with Crippen molar-refractivity contribution in [1.82, 2.24) is 20.2 Å². The second kappa shape index (κ2) is 6.67. The van der Waals surface area contributed by atoms with Crippen LogP contribution in [0.3, 0.4) is 0 Å². The Bertz CT molecular complexity index is 595. The third kappa shape index (κ3) is 3.68. The first-order valence-electron chi connectivity index (χ1n) is 5.95. The molecule has 1 aromatic carbocycles. The standard InChI is InChI=1S/C12H12Cl2N4O2/c1-2-20-12(19)7-18-16-11(15-17-18)6-8-9(13)4-3-5-10(8)14/h3-5H,2,6-7H2,1H3. The summed E-state index contributed by atoms with van der Waals surface area (Å²) in [5, 5.41) is 12.8. The van der Waals surface area contributed by atoms with E-state index >= 15 is 0 Å². The lowest BCUT2D eigenvalue weighted by atomic mass is 10.1. The molecule has 0 N–H and O–H groups in total. The number of carbonyl (C=O) groups is 1. The Hall–Kier alpha value is -1.66. The third-order valence-electron chi connectivity index (χ3n) is 2.47. The van der Waals surface area contributed by atoms with Crippen molar-refractivity contribution < 1.29 is 9.53 Å². The fourth-order valence-electron chi connectivity index (χ4n) is 1.60. The van der Waals surface area contributed by atoms with Crippen LogP contribution in [0.2, 0.25) is 10.0 Å². The fourth-order valence-corrected chi connectivity index (χ4v) is 2.13. The van der Waals surface area contributed by atoms with Gasteiger partial charge in [0.1, 0.15) is 0 Å². The first kappa shape index (κ1) is 14.7. The van der Waals surface area contributed by atoms with E-state index in [0.29, 0.717) is 28.9 Å². The molecule has 106 valence electrons. The Morgan fingerprint density at radius 2 is 2.05 bits per heavy atom. The van der Waals surface area contributed by atoms with Gasteiger partial charge in [0.2, 0.25) is 0 Å². The molecule has 0 spiro atoms. The van der Waals surface area contributed by atoms with Crippen molar-refractivity contribution in [1.29, 1.82) is 0 Å². The van der Waals surface area contributed by atoms with Crippen molar-refractivity contribution in [3.05, 3.63) is 39.6 Å². The van der Waals surface area contributed by atoms with Crippen LogP contribution < -0.4 is 0 Å². The average Bonchev–Trinajstić information content (AvgIpc) is 2.82. The number of tetrazole rings is 1. The smallest absolute Gasteiger partial charge is 0.329 e. The lowest BCUT2D eigenvalue weighted by Gasteiger charge is -2.03. The minimum atomic E-state index is -0.410. The predicted octanol–water partition coefficient (Wildman–Crippen LogP) is 2.13. The molecule has 0 unspecified atom stereocenters. The number of esters is 1. The van der Waals surface area contributed by atoms with Crippen molar-refractivity contribution in [3.63, 3.8) is 0 Å². The molecule has 0 atom stereocenters. The molecule has 0 amide bonds. The highest BCUT2D eigenvalue weighted by atomic mass is 35.5. The summed E-state index contributed by atoms with van der Waals surface area (Å²) in [4.78, 5) is 12.5. The minimum absolute atomic E-state index is 0.0723. The van der Waals surface area contributed by atoms with Crippen LogP contribution in [0.1, 0.15) is 18.3 Å². The molecule has 0 radical (unpaired) electrons. The molecule has 0 aliphatic carbocycles. The number of nitrogens with zero attached hydrogens (tertiary/aromatic N) is 4. The molecule has 0 aliphatic rings. The zero-order chi connectivity index (χ0) is 14.5. The number of rotatable bonds is 5. The van der Waals surface area contributed by atoms with Crippen molar-refractivity contribution in [2.75, 3.05) is 6.61 Å². The van der Waals surface area contributed by atoms with Crippen LogP contribution in [0.5, 0.6) is 0 Å². The van der Waals surface area contributed by atoms with Gasteiger partial charge in [0.05, 0.1) is 6.61 Å². The summed E-state index contributed by atoms with van der Waals surface area (Å²) in [6.45, 7) is 1.98. The highest BCUT2D eigenvalue weighted by Gasteiger charge is 2.12. The summed E-state index contributed by atoms with van der Waals surface area (Å²) in [5.74, 6) is 0.0246. The number of hydrogen-bond donors (Lipinski definition) is 0. The number of benzene rings is 1. The molecule has 0 bridgehead atoms. The quantitative estimate of drug-likeness (QED) is 0.791. The zero-order valence-corrected chi connectivity index (χ0v) is 12.2. The van der Waals surface area contributed by atoms with E-state index in [4.69, 9.17) is 27.9 Å². The van der Waals surface area contributed by atoms with E-state index in [0.717, 1.165) is 5.56 Å². The van der Waals surface area contributed by atoms with Crippen molar-refractivity contribution in [3.8, 4) is 0 Å². The van der Waals surface area contributed by atoms with Crippen LogP contribution in [0.25, 0.3) is 0 Å². The number of aromatic nitrogens is 4. The number of carbonyl (C=O) groups excluding carboxylic acids is 1. The number of ether oxygens (including phenoxy) is 1. The van der Waals surface area contributed by atoms with Crippen molar-refractivity contribution in [2.45, 2.75) is 19.9 Å². The van der Waals surface area contributed by atoms with Crippen LogP contribution in [-0.2, 0) is 22.5 Å². The van der Waals surface area contributed by atoms with E-state index in [-0.39, 0.29) is 6.54 Å². The highest BCUT2D eigenvalue weighted by molar-refractivity contribution is 6.36. The summed E-state index contributed by atoms with van der Waals surface area (Å²) in [6, 6.07) is 5.25. The second-order valence-corrected chi connectivity index (χ2v) is 4.73. The topological polar surface area (TPSA) is 69.9 Å². The molecule has 0 saturated heterocycles. The van der Waals surface area contributed by atoms with Crippen molar-refractivity contribution >= 4 is 29.2 Å². The van der Waals surface area contributed by atoms with E-state index in [2.05, 4.69) is 15.4 Å². The normalized spacial score (nSPS) is 10.6. The SMILES string of the molecule is CCOC(=O)Cn1nnc(Cc2c(Cl)cccc2Cl)n1. The molecule has 20 heavy (non-hydrogen) atoms. The van der Waals surface area contributed by atoms with E-state index in [1.54, 1.807) is 25.1 Å². The van der Waals surface area contributed by atoms with Gasteiger partial charge in [-0.25, -0.2) is 4.79 Å². The maximum atomic E-state index is 11.3. The van der Waals surface area contributed by atoms with Crippen molar-refractivity contribution in [2.24, 2.45) is 0 Å².